The van der Waals surface area contributed by atoms with Crippen molar-refractivity contribution in [1.29, 1.82) is 0 Å². The second-order valence-electron chi connectivity index (χ2n) is 4.14. The summed E-state index contributed by atoms with van der Waals surface area (Å²) in [5.41, 5.74) is 8.08. The first-order valence-corrected chi connectivity index (χ1v) is 6.31. The van der Waals surface area contributed by atoms with Crippen molar-refractivity contribution in [3.63, 3.8) is 0 Å². The first-order valence-electron chi connectivity index (χ1n) is 5.52. The van der Waals surface area contributed by atoms with Crippen molar-refractivity contribution in [2.75, 3.05) is 0 Å². The van der Waals surface area contributed by atoms with E-state index in [0.29, 0.717) is 0 Å². The molecule has 0 fully saturated rings. The molecule has 1 aromatic heterocycles. The van der Waals surface area contributed by atoms with Crippen LogP contribution in [-0.4, -0.2) is 15.8 Å². The number of nitrogens with two attached hydrogens (primary N) is 1. The van der Waals surface area contributed by atoms with Gasteiger partial charge in [0.2, 0.25) is 0 Å². The maximum absolute atomic E-state index is 5.79. The molecule has 4 heteroatoms. The van der Waals surface area contributed by atoms with Gasteiger partial charge in [0.1, 0.15) is 4.60 Å². The summed E-state index contributed by atoms with van der Waals surface area (Å²) in [6, 6.07) is 6.54. The smallest absolute Gasteiger partial charge is 0.111 e. The van der Waals surface area contributed by atoms with E-state index in [9.17, 15) is 0 Å². The van der Waals surface area contributed by atoms with Crippen LogP contribution in [0.15, 0.2) is 22.8 Å². The Bertz CT molecular complexity index is 502. The van der Waals surface area contributed by atoms with E-state index < -0.39 is 0 Å². The van der Waals surface area contributed by atoms with Gasteiger partial charge in [-0.25, -0.2) is 0 Å². The molecule has 0 radical (unpaired) electrons. The lowest BCUT2D eigenvalue weighted by Crippen LogP contribution is -2.17. The number of halogens is 1. The van der Waals surface area contributed by atoms with Crippen LogP contribution in [0, 0.1) is 0 Å². The highest BCUT2D eigenvalue weighted by atomic mass is 79.9. The topological polar surface area (TPSA) is 43.8 Å². The van der Waals surface area contributed by atoms with Crippen molar-refractivity contribution >= 4 is 26.8 Å². The lowest BCUT2D eigenvalue weighted by atomic mass is 10.1. The van der Waals surface area contributed by atoms with Gasteiger partial charge in [-0.15, -0.1) is 0 Å². The van der Waals surface area contributed by atoms with Gasteiger partial charge in [-0.05, 0) is 53.9 Å². The van der Waals surface area contributed by atoms with Gasteiger partial charge in [0.25, 0.3) is 0 Å². The third-order valence-electron chi connectivity index (χ3n) is 2.60. The van der Waals surface area contributed by atoms with Crippen LogP contribution in [0.25, 0.3) is 10.9 Å². The molecule has 0 aliphatic carbocycles. The molecule has 0 bridgehead atoms. The monoisotopic (exact) mass is 281 g/mol. The summed E-state index contributed by atoms with van der Waals surface area (Å²) < 4.78 is 3.01. The number of nitrogens with zero attached hydrogens (tertiary/aromatic N) is 2. The molecule has 2 aromatic rings. The number of aromatic nitrogens is 2. The summed E-state index contributed by atoms with van der Waals surface area (Å²) >= 11 is 3.56. The maximum Gasteiger partial charge on any atom is 0.111 e. The molecule has 2 rings (SSSR count). The van der Waals surface area contributed by atoms with Crippen LogP contribution in [0.1, 0.15) is 19.4 Å². The molecule has 0 aliphatic heterocycles. The number of hydrogen-bond acceptors (Lipinski definition) is 2. The molecule has 3 nitrogen and oxygen atoms in total. The Kier molecular flexibility index (Phi) is 3.30. The second kappa shape index (κ2) is 4.55. The first kappa shape index (κ1) is 11.6. The molecular weight excluding hydrogens is 266 g/mol. The zero-order valence-electron chi connectivity index (χ0n) is 9.57. The average Bonchev–Trinajstić information content (AvgIpc) is 2.54. The van der Waals surface area contributed by atoms with E-state index in [1.807, 2.05) is 11.6 Å². The van der Waals surface area contributed by atoms with Crippen LogP contribution in [-0.2, 0) is 13.0 Å². The zero-order valence-corrected chi connectivity index (χ0v) is 11.2. The Balaban J connectivity index is 2.46. The van der Waals surface area contributed by atoms with Crippen molar-refractivity contribution < 1.29 is 0 Å². The van der Waals surface area contributed by atoms with Crippen LogP contribution >= 0.6 is 15.9 Å². The Labute approximate surface area is 104 Å². The summed E-state index contributed by atoms with van der Waals surface area (Å²) in [5.74, 6) is 0. The number of aryl methyl sites for hydroxylation is 1. The Hall–Kier alpha value is -0.870. The summed E-state index contributed by atoms with van der Waals surface area (Å²) in [6.45, 7) is 4.97. The molecule has 0 amide bonds. The highest BCUT2D eigenvalue weighted by Gasteiger charge is 2.08. The molecule has 0 saturated carbocycles. The van der Waals surface area contributed by atoms with Crippen LogP contribution in [0.4, 0.5) is 0 Å². The van der Waals surface area contributed by atoms with Crippen molar-refractivity contribution in [2.24, 2.45) is 5.73 Å². The van der Waals surface area contributed by atoms with Crippen LogP contribution in [0.5, 0.6) is 0 Å². The molecule has 0 saturated heterocycles. The minimum Gasteiger partial charge on any atom is -0.328 e. The van der Waals surface area contributed by atoms with E-state index in [4.69, 9.17) is 5.73 Å². The van der Waals surface area contributed by atoms with Gasteiger partial charge in [-0.1, -0.05) is 6.07 Å². The van der Waals surface area contributed by atoms with E-state index in [2.05, 4.69) is 46.2 Å². The lowest BCUT2D eigenvalue weighted by molar-refractivity contribution is 0.653. The Morgan fingerprint density at radius 1 is 1.50 bits per heavy atom. The zero-order chi connectivity index (χ0) is 11.7. The number of rotatable bonds is 3. The van der Waals surface area contributed by atoms with Crippen molar-refractivity contribution in [3.8, 4) is 0 Å². The normalized spacial score (nSPS) is 13.2. The van der Waals surface area contributed by atoms with Crippen molar-refractivity contribution in [3.05, 3.63) is 28.4 Å². The molecule has 0 aliphatic rings. The van der Waals surface area contributed by atoms with E-state index >= 15 is 0 Å². The highest BCUT2D eigenvalue weighted by molar-refractivity contribution is 9.10. The van der Waals surface area contributed by atoms with Gasteiger partial charge in [0.15, 0.2) is 0 Å². The third-order valence-corrected chi connectivity index (χ3v) is 3.43. The first-order chi connectivity index (χ1) is 7.61. The van der Waals surface area contributed by atoms with Crippen LogP contribution in [0.3, 0.4) is 0 Å². The van der Waals surface area contributed by atoms with Crippen LogP contribution in [0.2, 0.25) is 0 Å². The molecule has 16 heavy (non-hydrogen) atoms. The molecule has 0 spiro atoms. The van der Waals surface area contributed by atoms with Gasteiger partial charge in [-0.3, -0.25) is 4.68 Å². The second-order valence-corrected chi connectivity index (χ2v) is 4.89. The van der Waals surface area contributed by atoms with Gasteiger partial charge >= 0.3 is 0 Å². The number of hydrogen-bond donors (Lipinski definition) is 1. The SMILES string of the molecule is CCn1nc2cc(CC(C)N)ccc2c1Br. The van der Waals surface area contributed by atoms with Crippen LogP contribution < -0.4 is 5.73 Å². The fraction of sp³-hybridized carbons (Fsp3) is 0.417. The highest BCUT2D eigenvalue weighted by Crippen LogP contribution is 2.24. The summed E-state index contributed by atoms with van der Waals surface area (Å²) in [7, 11) is 0. The van der Waals surface area contributed by atoms with E-state index in [1.54, 1.807) is 0 Å². The minimum absolute atomic E-state index is 0.189. The predicted octanol–water partition coefficient (Wildman–Crippen LogP) is 2.71. The van der Waals surface area contributed by atoms with E-state index in [0.717, 1.165) is 28.5 Å². The standard InChI is InChI=1S/C12H16BrN3/c1-3-16-12(13)10-5-4-9(6-8(2)14)7-11(10)15-16/h4-5,7-8H,3,6,14H2,1-2H3. The molecular formula is C12H16BrN3. The fourth-order valence-electron chi connectivity index (χ4n) is 1.86. The largest absolute Gasteiger partial charge is 0.328 e. The quantitative estimate of drug-likeness (QED) is 0.940. The minimum atomic E-state index is 0.189. The molecule has 1 atom stereocenters. The molecule has 1 unspecified atom stereocenters. The lowest BCUT2D eigenvalue weighted by Gasteiger charge is -2.04. The average molecular weight is 282 g/mol. The van der Waals surface area contributed by atoms with Crippen molar-refractivity contribution in [2.45, 2.75) is 32.9 Å². The van der Waals surface area contributed by atoms with E-state index in [1.165, 1.54) is 5.56 Å². The maximum atomic E-state index is 5.79. The Morgan fingerprint density at radius 3 is 2.88 bits per heavy atom. The molecule has 1 aromatic carbocycles. The Morgan fingerprint density at radius 2 is 2.25 bits per heavy atom. The predicted molar refractivity (Wildman–Crippen MR) is 70.5 cm³/mol. The molecule has 1 heterocycles. The fourth-order valence-corrected chi connectivity index (χ4v) is 2.52. The molecule has 2 N–H and O–H groups in total. The van der Waals surface area contributed by atoms with Gasteiger partial charge in [0, 0.05) is 18.0 Å². The molecule has 86 valence electrons. The number of fused-ring (bicyclic) bond motifs is 1. The third kappa shape index (κ3) is 2.13. The van der Waals surface area contributed by atoms with E-state index in [-0.39, 0.29) is 6.04 Å². The summed E-state index contributed by atoms with van der Waals surface area (Å²) in [5, 5.41) is 5.69. The summed E-state index contributed by atoms with van der Waals surface area (Å²) in [4.78, 5) is 0. The summed E-state index contributed by atoms with van der Waals surface area (Å²) in [6.07, 6.45) is 0.895. The number of benzene rings is 1. The van der Waals surface area contributed by atoms with Gasteiger partial charge in [0.05, 0.1) is 5.52 Å². The van der Waals surface area contributed by atoms with Gasteiger partial charge < -0.3 is 5.73 Å². The van der Waals surface area contributed by atoms with Crippen molar-refractivity contribution in [1.82, 2.24) is 9.78 Å². The van der Waals surface area contributed by atoms with Gasteiger partial charge in [-0.2, -0.15) is 5.10 Å².